The van der Waals surface area contributed by atoms with E-state index in [1.165, 1.54) is 6.07 Å². The maximum atomic E-state index is 13.9. The molecule has 6 nitrogen and oxygen atoms in total. The molecular weight excluding hydrogens is 313 g/mol. The van der Waals surface area contributed by atoms with Crippen molar-refractivity contribution in [3.8, 4) is 0 Å². The monoisotopic (exact) mass is 335 g/mol. The molecule has 0 spiro atoms. The Balaban J connectivity index is 1.57. The summed E-state index contributed by atoms with van der Waals surface area (Å²) in [6.07, 6.45) is 2.21. The number of benzene rings is 1. The molecule has 1 aromatic rings. The van der Waals surface area contributed by atoms with Crippen LogP contribution < -0.4 is 10.2 Å². The van der Waals surface area contributed by atoms with Crippen molar-refractivity contribution in [3.63, 3.8) is 0 Å². The number of carboxylic acid groups (broad SMARTS) is 1. The van der Waals surface area contributed by atoms with Crippen molar-refractivity contribution in [2.75, 3.05) is 31.1 Å². The van der Waals surface area contributed by atoms with Gasteiger partial charge in [0.1, 0.15) is 5.82 Å². The number of carboxylic acids is 1. The van der Waals surface area contributed by atoms with Crippen molar-refractivity contribution >= 4 is 17.7 Å². The fraction of sp³-hybridized carbons (Fsp3) is 0.529. The van der Waals surface area contributed by atoms with Crippen LogP contribution >= 0.6 is 0 Å². The van der Waals surface area contributed by atoms with Crippen molar-refractivity contribution in [1.82, 2.24) is 10.2 Å². The molecule has 0 bridgehead atoms. The van der Waals surface area contributed by atoms with E-state index in [9.17, 15) is 14.0 Å². The lowest BCUT2D eigenvalue weighted by Crippen LogP contribution is -2.51. The van der Waals surface area contributed by atoms with Gasteiger partial charge < -0.3 is 20.2 Å². The molecule has 1 aromatic carbocycles. The number of anilines is 1. The van der Waals surface area contributed by atoms with Gasteiger partial charge in [0, 0.05) is 32.2 Å². The number of hydrogen-bond acceptors (Lipinski definition) is 3. The number of carbonyl (C=O) groups is 2. The van der Waals surface area contributed by atoms with Crippen LogP contribution in [0.25, 0.3) is 0 Å². The summed E-state index contributed by atoms with van der Waals surface area (Å²) < 4.78 is 13.9. The number of amides is 2. The Labute approximate surface area is 140 Å². The molecule has 2 atom stereocenters. The summed E-state index contributed by atoms with van der Waals surface area (Å²) in [6, 6.07) is 6.37. The molecule has 2 aliphatic rings. The third-order valence-corrected chi connectivity index (χ3v) is 4.77. The highest BCUT2D eigenvalue weighted by atomic mass is 19.1. The van der Waals surface area contributed by atoms with Crippen LogP contribution in [0.4, 0.5) is 14.9 Å². The van der Waals surface area contributed by atoms with Crippen LogP contribution in [0.2, 0.25) is 0 Å². The first-order valence-electron chi connectivity index (χ1n) is 8.32. The second kappa shape index (κ2) is 7.07. The third-order valence-electron chi connectivity index (χ3n) is 4.77. The molecule has 2 fully saturated rings. The number of piperidine rings is 1. The van der Waals surface area contributed by atoms with Gasteiger partial charge >= 0.3 is 12.0 Å². The fourth-order valence-corrected chi connectivity index (χ4v) is 3.43. The van der Waals surface area contributed by atoms with E-state index in [0.29, 0.717) is 25.2 Å². The standard InChI is InChI=1S/C17H22FN3O3/c18-14-5-1-2-6-15(14)20-8-3-4-13(11-20)19-17(24)21-9-7-12(10-21)16(22)23/h1-2,5-6,12-13H,3-4,7-11H2,(H,19,24)(H,22,23). The molecule has 0 radical (unpaired) electrons. The van der Waals surface area contributed by atoms with Gasteiger partial charge in [0.2, 0.25) is 0 Å². The molecule has 2 saturated heterocycles. The van der Waals surface area contributed by atoms with Crippen LogP contribution in [0.5, 0.6) is 0 Å². The smallest absolute Gasteiger partial charge is 0.317 e. The average molecular weight is 335 g/mol. The largest absolute Gasteiger partial charge is 0.481 e. The summed E-state index contributed by atoms with van der Waals surface area (Å²) >= 11 is 0. The lowest BCUT2D eigenvalue weighted by atomic mass is 10.0. The zero-order chi connectivity index (χ0) is 17.1. The maximum Gasteiger partial charge on any atom is 0.317 e. The van der Waals surface area contributed by atoms with Gasteiger partial charge in [0.05, 0.1) is 11.6 Å². The van der Waals surface area contributed by atoms with E-state index in [1.807, 2.05) is 4.90 Å². The highest BCUT2D eigenvalue weighted by Gasteiger charge is 2.32. The van der Waals surface area contributed by atoms with E-state index in [2.05, 4.69) is 5.32 Å². The summed E-state index contributed by atoms with van der Waals surface area (Å²) in [6.45, 7) is 2.04. The normalized spacial score (nSPS) is 24.0. The molecule has 2 aliphatic heterocycles. The molecule has 130 valence electrons. The minimum Gasteiger partial charge on any atom is -0.481 e. The van der Waals surface area contributed by atoms with Gasteiger partial charge in [-0.2, -0.15) is 0 Å². The van der Waals surface area contributed by atoms with Crippen molar-refractivity contribution in [2.24, 2.45) is 5.92 Å². The molecule has 0 aliphatic carbocycles. The van der Waals surface area contributed by atoms with E-state index >= 15 is 0 Å². The van der Waals surface area contributed by atoms with E-state index in [4.69, 9.17) is 5.11 Å². The number of aliphatic carboxylic acids is 1. The van der Waals surface area contributed by atoms with E-state index < -0.39 is 11.9 Å². The Morgan fingerprint density at radius 3 is 2.67 bits per heavy atom. The Morgan fingerprint density at radius 2 is 1.96 bits per heavy atom. The lowest BCUT2D eigenvalue weighted by Gasteiger charge is -2.35. The number of para-hydroxylation sites is 1. The van der Waals surface area contributed by atoms with Crippen molar-refractivity contribution in [2.45, 2.75) is 25.3 Å². The highest BCUT2D eigenvalue weighted by Crippen LogP contribution is 2.23. The zero-order valence-electron chi connectivity index (χ0n) is 13.4. The predicted molar refractivity (Wildman–Crippen MR) is 87.5 cm³/mol. The lowest BCUT2D eigenvalue weighted by molar-refractivity contribution is -0.141. The molecule has 24 heavy (non-hydrogen) atoms. The maximum absolute atomic E-state index is 13.9. The zero-order valence-corrected chi connectivity index (χ0v) is 13.4. The van der Waals surface area contributed by atoms with Crippen LogP contribution in [-0.4, -0.2) is 54.2 Å². The number of likely N-dealkylation sites (tertiary alicyclic amines) is 1. The Kier molecular flexibility index (Phi) is 4.87. The van der Waals surface area contributed by atoms with E-state index in [1.54, 1.807) is 23.1 Å². The number of hydrogen-bond donors (Lipinski definition) is 2. The summed E-state index contributed by atoms with van der Waals surface area (Å²) in [5, 5.41) is 12.0. The predicted octanol–water partition coefficient (Wildman–Crippen LogP) is 1.91. The minimum atomic E-state index is -0.853. The molecular formula is C17H22FN3O3. The van der Waals surface area contributed by atoms with Gasteiger partial charge in [-0.05, 0) is 31.4 Å². The second-order valence-electron chi connectivity index (χ2n) is 6.46. The fourth-order valence-electron chi connectivity index (χ4n) is 3.43. The number of carbonyl (C=O) groups excluding carboxylic acids is 1. The molecule has 7 heteroatoms. The molecule has 0 saturated carbocycles. The average Bonchev–Trinajstić information content (AvgIpc) is 3.06. The SMILES string of the molecule is O=C(O)C1CCN(C(=O)NC2CCCN(c3ccccc3F)C2)C1. The summed E-state index contributed by atoms with van der Waals surface area (Å²) in [4.78, 5) is 26.8. The number of nitrogens with one attached hydrogen (secondary N) is 1. The Morgan fingerprint density at radius 1 is 1.17 bits per heavy atom. The second-order valence-corrected chi connectivity index (χ2v) is 6.46. The number of nitrogens with zero attached hydrogens (tertiary/aromatic N) is 2. The van der Waals surface area contributed by atoms with Crippen molar-refractivity contribution in [1.29, 1.82) is 0 Å². The summed E-state index contributed by atoms with van der Waals surface area (Å²) in [7, 11) is 0. The van der Waals surface area contributed by atoms with E-state index in [-0.39, 0.29) is 24.4 Å². The van der Waals surface area contributed by atoms with Crippen LogP contribution in [0, 0.1) is 11.7 Å². The quantitative estimate of drug-likeness (QED) is 0.885. The third kappa shape index (κ3) is 3.60. The van der Waals surface area contributed by atoms with Gasteiger partial charge in [-0.25, -0.2) is 9.18 Å². The molecule has 3 rings (SSSR count). The van der Waals surface area contributed by atoms with Crippen molar-refractivity contribution in [3.05, 3.63) is 30.1 Å². The van der Waals surface area contributed by atoms with Crippen LogP contribution in [-0.2, 0) is 4.79 Å². The summed E-state index contributed by atoms with van der Waals surface area (Å²) in [5.74, 6) is -1.58. The van der Waals surface area contributed by atoms with Crippen LogP contribution in [0.3, 0.4) is 0 Å². The molecule has 2 unspecified atom stereocenters. The Hall–Kier alpha value is -2.31. The van der Waals surface area contributed by atoms with Gasteiger partial charge in [-0.1, -0.05) is 12.1 Å². The first-order chi connectivity index (χ1) is 11.5. The van der Waals surface area contributed by atoms with Crippen LogP contribution in [0.15, 0.2) is 24.3 Å². The van der Waals surface area contributed by atoms with Gasteiger partial charge in [0.15, 0.2) is 0 Å². The van der Waals surface area contributed by atoms with Crippen LogP contribution in [0.1, 0.15) is 19.3 Å². The number of halogens is 1. The Bertz CT molecular complexity index is 625. The topological polar surface area (TPSA) is 72.9 Å². The first kappa shape index (κ1) is 16.5. The van der Waals surface area contributed by atoms with Gasteiger partial charge in [-0.15, -0.1) is 0 Å². The van der Waals surface area contributed by atoms with Crippen molar-refractivity contribution < 1.29 is 19.1 Å². The first-order valence-corrected chi connectivity index (χ1v) is 8.32. The molecule has 2 heterocycles. The molecule has 0 aromatic heterocycles. The van der Waals surface area contributed by atoms with Gasteiger partial charge in [0.25, 0.3) is 0 Å². The minimum absolute atomic E-state index is 0.0604. The summed E-state index contributed by atoms with van der Waals surface area (Å²) in [5.41, 5.74) is 0.559. The molecule has 2 N–H and O–H groups in total. The number of urea groups is 1. The molecule has 2 amide bonds. The number of rotatable bonds is 3. The van der Waals surface area contributed by atoms with Gasteiger partial charge in [-0.3, -0.25) is 4.79 Å². The van der Waals surface area contributed by atoms with E-state index in [0.717, 1.165) is 19.4 Å². The highest BCUT2D eigenvalue weighted by molar-refractivity contribution is 5.77.